The van der Waals surface area contributed by atoms with E-state index in [9.17, 15) is 0 Å². The maximum absolute atomic E-state index is 4.38. The fourth-order valence-electron chi connectivity index (χ4n) is 1.77. The molecule has 0 aliphatic carbocycles. The van der Waals surface area contributed by atoms with Gasteiger partial charge in [-0.2, -0.15) is 0 Å². The summed E-state index contributed by atoms with van der Waals surface area (Å²) >= 11 is 0. The maximum Gasteiger partial charge on any atom is 0.0720 e. The average molecular weight is 212 g/mol. The second kappa shape index (κ2) is 4.05. The molecular weight excluding hydrogens is 196 g/mol. The summed E-state index contributed by atoms with van der Waals surface area (Å²) in [7, 11) is 0. The Morgan fingerprint density at radius 2 is 1.81 bits per heavy atom. The normalized spacial score (nSPS) is 11.4. The largest absolute Gasteiger partial charge is 0.264 e. The number of rotatable bonds is 1. The smallest absolute Gasteiger partial charge is 0.0720 e. The van der Waals surface area contributed by atoms with E-state index in [4.69, 9.17) is 0 Å². The number of pyridine rings is 2. The maximum atomic E-state index is 4.38. The molecule has 2 aromatic rings. The van der Waals surface area contributed by atoms with Crippen molar-refractivity contribution in [2.24, 2.45) is 0 Å². The van der Waals surface area contributed by atoms with Crippen molar-refractivity contribution in [1.29, 1.82) is 0 Å². The van der Waals surface area contributed by atoms with Crippen LogP contribution in [0, 0.1) is 0 Å². The fourth-order valence-corrected chi connectivity index (χ4v) is 1.77. The highest BCUT2D eigenvalue weighted by Gasteiger charge is 2.18. The van der Waals surface area contributed by atoms with Crippen LogP contribution in [0.2, 0.25) is 0 Å². The number of hydrogen-bond acceptors (Lipinski definition) is 2. The molecule has 2 aromatic heterocycles. The predicted molar refractivity (Wildman–Crippen MR) is 66.2 cm³/mol. The monoisotopic (exact) mass is 212 g/mol. The highest BCUT2D eigenvalue weighted by molar-refractivity contribution is 5.63. The number of hydrogen-bond donors (Lipinski definition) is 0. The zero-order valence-electron chi connectivity index (χ0n) is 9.94. The number of aromatic nitrogens is 2. The topological polar surface area (TPSA) is 25.8 Å². The van der Waals surface area contributed by atoms with Gasteiger partial charge in [-0.1, -0.05) is 26.8 Å². The summed E-state index contributed by atoms with van der Waals surface area (Å²) in [6, 6.07) is 8.02. The van der Waals surface area contributed by atoms with Gasteiger partial charge in [0.05, 0.1) is 5.69 Å². The van der Waals surface area contributed by atoms with Gasteiger partial charge in [0.15, 0.2) is 0 Å². The minimum absolute atomic E-state index is 0.107. The first-order valence-corrected chi connectivity index (χ1v) is 5.45. The van der Waals surface area contributed by atoms with E-state index in [1.165, 1.54) is 5.56 Å². The van der Waals surface area contributed by atoms with Crippen molar-refractivity contribution in [2.75, 3.05) is 0 Å². The van der Waals surface area contributed by atoms with Gasteiger partial charge >= 0.3 is 0 Å². The summed E-state index contributed by atoms with van der Waals surface area (Å²) in [6.45, 7) is 6.61. The lowest BCUT2D eigenvalue weighted by molar-refractivity contribution is 0.591. The van der Waals surface area contributed by atoms with Crippen molar-refractivity contribution in [3.05, 3.63) is 48.4 Å². The van der Waals surface area contributed by atoms with Gasteiger partial charge in [-0.05, 0) is 29.2 Å². The van der Waals surface area contributed by atoms with E-state index in [0.717, 1.165) is 11.3 Å². The Morgan fingerprint density at radius 3 is 2.44 bits per heavy atom. The fraction of sp³-hybridized carbons (Fsp3) is 0.286. The minimum atomic E-state index is 0.107. The number of nitrogens with zero attached hydrogens (tertiary/aromatic N) is 2. The minimum Gasteiger partial charge on any atom is -0.264 e. The molecule has 16 heavy (non-hydrogen) atoms. The lowest BCUT2D eigenvalue weighted by Gasteiger charge is -2.22. The molecule has 2 heteroatoms. The summed E-state index contributed by atoms with van der Waals surface area (Å²) in [5.41, 5.74) is 3.49. The van der Waals surface area contributed by atoms with Crippen LogP contribution in [0.5, 0.6) is 0 Å². The lowest BCUT2D eigenvalue weighted by atomic mass is 9.84. The molecular formula is C14H16N2. The van der Waals surface area contributed by atoms with E-state index in [2.05, 4.69) is 36.8 Å². The Bertz CT molecular complexity index is 470. The molecule has 0 saturated heterocycles. The average Bonchev–Trinajstić information content (AvgIpc) is 2.29. The predicted octanol–water partition coefficient (Wildman–Crippen LogP) is 3.44. The van der Waals surface area contributed by atoms with Crippen LogP contribution < -0.4 is 0 Å². The summed E-state index contributed by atoms with van der Waals surface area (Å²) in [4.78, 5) is 8.58. The molecule has 0 amide bonds. The van der Waals surface area contributed by atoms with Gasteiger partial charge in [-0.25, -0.2) is 0 Å². The quantitative estimate of drug-likeness (QED) is 0.723. The zero-order valence-corrected chi connectivity index (χ0v) is 9.94. The molecule has 2 heterocycles. The molecule has 0 atom stereocenters. The highest BCUT2D eigenvalue weighted by Crippen LogP contribution is 2.30. The molecule has 0 aliphatic rings. The molecule has 0 fully saturated rings. The van der Waals surface area contributed by atoms with Gasteiger partial charge in [0.1, 0.15) is 0 Å². The third-order valence-corrected chi connectivity index (χ3v) is 2.57. The SMILES string of the molecule is CC(C)(C)c1ccncc1-c1ccccn1. The molecule has 0 aliphatic heterocycles. The van der Waals surface area contributed by atoms with Gasteiger partial charge < -0.3 is 0 Å². The van der Waals surface area contributed by atoms with E-state index in [0.29, 0.717) is 0 Å². The zero-order chi connectivity index (χ0) is 11.6. The Hall–Kier alpha value is -1.70. The van der Waals surface area contributed by atoms with E-state index >= 15 is 0 Å². The Kier molecular flexibility index (Phi) is 2.73. The van der Waals surface area contributed by atoms with E-state index < -0.39 is 0 Å². The van der Waals surface area contributed by atoms with Crippen molar-refractivity contribution in [3.63, 3.8) is 0 Å². The van der Waals surface area contributed by atoms with Crippen LogP contribution in [-0.2, 0) is 5.41 Å². The standard InChI is InChI=1S/C14H16N2/c1-14(2,3)12-7-9-15-10-11(12)13-6-4-5-8-16-13/h4-10H,1-3H3. The Labute approximate surface area is 96.4 Å². The first-order chi connectivity index (χ1) is 7.59. The van der Waals surface area contributed by atoms with E-state index in [-0.39, 0.29) is 5.41 Å². The van der Waals surface area contributed by atoms with E-state index in [1.54, 1.807) is 0 Å². The van der Waals surface area contributed by atoms with E-state index in [1.807, 2.05) is 36.8 Å². The van der Waals surface area contributed by atoms with Gasteiger partial charge in [0.2, 0.25) is 0 Å². The van der Waals surface area contributed by atoms with Crippen LogP contribution in [0.25, 0.3) is 11.3 Å². The summed E-state index contributed by atoms with van der Waals surface area (Å²) in [6.07, 6.45) is 5.55. The molecule has 0 N–H and O–H groups in total. The van der Waals surface area contributed by atoms with Crippen molar-refractivity contribution in [3.8, 4) is 11.3 Å². The van der Waals surface area contributed by atoms with Crippen molar-refractivity contribution < 1.29 is 0 Å². The van der Waals surface area contributed by atoms with Crippen LogP contribution in [0.15, 0.2) is 42.9 Å². The molecule has 0 saturated carbocycles. The summed E-state index contributed by atoms with van der Waals surface area (Å²) < 4.78 is 0. The van der Waals surface area contributed by atoms with Crippen LogP contribution in [0.4, 0.5) is 0 Å². The van der Waals surface area contributed by atoms with Gasteiger partial charge in [-0.3, -0.25) is 9.97 Å². The third kappa shape index (κ3) is 2.11. The lowest BCUT2D eigenvalue weighted by Crippen LogP contribution is -2.13. The van der Waals surface area contributed by atoms with Crippen LogP contribution in [0.3, 0.4) is 0 Å². The highest BCUT2D eigenvalue weighted by atomic mass is 14.7. The first-order valence-electron chi connectivity index (χ1n) is 5.45. The Morgan fingerprint density at radius 1 is 1.00 bits per heavy atom. The van der Waals surface area contributed by atoms with Gasteiger partial charge in [0, 0.05) is 24.2 Å². The van der Waals surface area contributed by atoms with Crippen LogP contribution >= 0.6 is 0 Å². The third-order valence-electron chi connectivity index (χ3n) is 2.57. The molecule has 2 nitrogen and oxygen atoms in total. The van der Waals surface area contributed by atoms with Crippen LogP contribution in [-0.4, -0.2) is 9.97 Å². The summed E-state index contributed by atoms with van der Waals surface area (Å²) in [5.74, 6) is 0. The van der Waals surface area contributed by atoms with Crippen molar-refractivity contribution in [1.82, 2.24) is 9.97 Å². The molecule has 0 unspecified atom stereocenters. The van der Waals surface area contributed by atoms with Crippen LogP contribution in [0.1, 0.15) is 26.3 Å². The molecule has 0 radical (unpaired) electrons. The van der Waals surface area contributed by atoms with Crippen molar-refractivity contribution >= 4 is 0 Å². The Balaban J connectivity index is 2.58. The second-order valence-corrected chi connectivity index (χ2v) is 4.89. The molecule has 0 spiro atoms. The summed E-state index contributed by atoms with van der Waals surface area (Å²) in [5, 5.41) is 0. The first kappa shape index (κ1) is 10.8. The molecule has 0 aromatic carbocycles. The molecule has 2 rings (SSSR count). The molecule has 82 valence electrons. The van der Waals surface area contributed by atoms with Crippen molar-refractivity contribution in [2.45, 2.75) is 26.2 Å². The molecule has 0 bridgehead atoms. The van der Waals surface area contributed by atoms with Gasteiger partial charge in [-0.15, -0.1) is 0 Å². The van der Waals surface area contributed by atoms with Gasteiger partial charge in [0.25, 0.3) is 0 Å². The second-order valence-electron chi connectivity index (χ2n) is 4.89.